The van der Waals surface area contributed by atoms with Crippen molar-refractivity contribution in [2.45, 2.75) is 6.54 Å². The molecule has 0 amide bonds. The topological polar surface area (TPSA) is 44.5 Å². The first-order chi connectivity index (χ1) is 5.83. The average Bonchev–Trinajstić information content (AvgIpc) is 2.16. The molecule has 65 valence electrons. The van der Waals surface area contributed by atoms with Crippen molar-refractivity contribution in [3.8, 4) is 11.5 Å². The standard InChI is InChI=1S/C9H12NO2/c1-11-8-4-3-5-9(12-2)7(8)6-10/h3-4H,6,10H2,1-2H3. The summed E-state index contributed by atoms with van der Waals surface area (Å²) >= 11 is 0. The van der Waals surface area contributed by atoms with E-state index in [0.717, 1.165) is 11.3 Å². The Balaban J connectivity index is 3.13. The summed E-state index contributed by atoms with van der Waals surface area (Å²) in [7, 11) is 3.19. The van der Waals surface area contributed by atoms with Crippen molar-refractivity contribution in [2.75, 3.05) is 14.2 Å². The maximum atomic E-state index is 5.52. The van der Waals surface area contributed by atoms with Crippen LogP contribution in [0.1, 0.15) is 5.56 Å². The zero-order chi connectivity index (χ0) is 8.97. The van der Waals surface area contributed by atoms with Crippen LogP contribution >= 0.6 is 0 Å². The van der Waals surface area contributed by atoms with E-state index in [1.54, 1.807) is 20.3 Å². The minimum absolute atomic E-state index is 0.393. The van der Waals surface area contributed by atoms with Crippen LogP contribution in [-0.4, -0.2) is 14.2 Å². The van der Waals surface area contributed by atoms with Crippen LogP contribution in [0.25, 0.3) is 0 Å². The van der Waals surface area contributed by atoms with E-state index in [1.807, 2.05) is 6.07 Å². The van der Waals surface area contributed by atoms with Crippen LogP contribution in [0.4, 0.5) is 0 Å². The lowest BCUT2D eigenvalue weighted by atomic mass is 10.2. The van der Waals surface area contributed by atoms with Gasteiger partial charge in [-0.05, 0) is 12.1 Å². The SMILES string of the molecule is COc1[c]ccc(OC)c1CN. The smallest absolute Gasteiger partial charge is 0.135 e. The number of benzene rings is 1. The van der Waals surface area contributed by atoms with E-state index >= 15 is 0 Å². The fourth-order valence-corrected chi connectivity index (χ4v) is 1.06. The van der Waals surface area contributed by atoms with E-state index in [1.165, 1.54) is 0 Å². The second kappa shape index (κ2) is 3.97. The summed E-state index contributed by atoms with van der Waals surface area (Å²) in [4.78, 5) is 0. The van der Waals surface area contributed by atoms with Gasteiger partial charge in [-0.15, -0.1) is 0 Å². The van der Waals surface area contributed by atoms with Crippen LogP contribution < -0.4 is 15.2 Å². The zero-order valence-electron chi connectivity index (χ0n) is 7.26. The number of hydrogen-bond acceptors (Lipinski definition) is 3. The summed E-state index contributed by atoms with van der Waals surface area (Å²) in [5, 5.41) is 0. The molecule has 0 spiro atoms. The largest absolute Gasteiger partial charge is 0.496 e. The van der Waals surface area contributed by atoms with Gasteiger partial charge in [-0.25, -0.2) is 0 Å². The van der Waals surface area contributed by atoms with Crippen molar-refractivity contribution in [1.82, 2.24) is 0 Å². The summed E-state index contributed by atoms with van der Waals surface area (Å²) in [6.45, 7) is 0.393. The second-order valence-electron chi connectivity index (χ2n) is 2.26. The Morgan fingerprint density at radius 2 is 2.17 bits per heavy atom. The van der Waals surface area contributed by atoms with E-state index in [2.05, 4.69) is 6.07 Å². The summed E-state index contributed by atoms with van der Waals surface area (Å²) in [6.07, 6.45) is 0. The Hall–Kier alpha value is -1.22. The number of nitrogens with two attached hydrogens (primary N) is 1. The molecule has 0 bridgehead atoms. The van der Waals surface area contributed by atoms with Crippen molar-refractivity contribution < 1.29 is 9.47 Å². The van der Waals surface area contributed by atoms with Crippen LogP contribution in [0.5, 0.6) is 11.5 Å². The van der Waals surface area contributed by atoms with Gasteiger partial charge in [0, 0.05) is 12.6 Å². The fourth-order valence-electron chi connectivity index (χ4n) is 1.06. The lowest BCUT2D eigenvalue weighted by Gasteiger charge is -2.09. The molecule has 0 aliphatic heterocycles. The molecule has 0 saturated heterocycles. The number of rotatable bonds is 3. The maximum Gasteiger partial charge on any atom is 0.135 e. The van der Waals surface area contributed by atoms with E-state index in [9.17, 15) is 0 Å². The highest BCUT2D eigenvalue weighted by Crippen LogP contribution is 2.26. The van der Waals surface area contributed by atoms with E-state index < -0.39 is 0 Å². The van der Waals surface area contributed by atoms with Gasteiger partial charge in [-0.1, -0.05) is 0 Å². The lowest BCUT2D eigenvalue weighted by Crippen LogP contribution is -2.02. The Labute approximate surface area is 72.1 Å². The normalized spacial score (nSPS) is 9.58. The molecule has 0 atom stereocenters. The number of methoxy groups -OCH3 is 2. The van der Waals surface area contributed by atoms with Crippen LogP contribution in [-0.2, 0) is 6.54 Å². The molecule has 3 nitrogen and oxygen atoms in total. The third-order valence-electron chi connectivity index (χ3n) is 1.65. The Bertz CT molecular complexity index is 238. The van der Waals surface area contributed by atoms with E-state index in [-0.39, 0.29) is 0 Å². The van der Waals surface area contributed by atoms with Gasteiger partial charge < -0.3 is 15.2 Å². The summed E-state index contributed by atoms with van der Waals surface area (Å²) in [6, 6.07) is 6.49. The lowest BCUT2D eigenvalue weighted by molar-refractivity contribution is 0.385. The first kappa shape index (κ1) is 8.87. The molecule has 0 aromatic heterocycles. The van der Waals surface area contributed by atoms with Crippen LogP contribution in [0.15, 0.2) is 12.1 Å². The fraction of sp³-hybridized carbons (Fsp3) is 0.333. The quantitative estimate of drug-likeness (QED) is 0.727. The molecular weight excluding hydrogens is 154 g/mol. The molecule has 1 rings (SSSR count). The van der Waals surface area contributed by atoms with Crippen LogP contribution in [0.3, 0.4) is 0 Å². The molecule has 0 aliphatic carbocycles. The van der Waals surface area contributed by atoms with E-state index in [0.29, 0.717) is 12.3 Å². The molecule has 0 fully saturated rings. The first-order valence-corrected chi connectivity index (χ1v) is 3.65. The van der Waals surface area contributed by atoms with Gasteiger partial charge in [0.15, 0.2) is 0 Å². The highest BCUT2D eigenvalue weighted by atomic mass is 16.5. The molecule has 0 aliphatic rings. The monoisotopic (exact) mass is 166 g/mol. The van der Waals surface area contributed by atoms with E-state index in [4.69, 9.17) is 15.2 Å². The zero-order valence-corrected chi connectivity index (χ0v) is 7.26. The predicted octanol–water partition coefficient (Wildman–Crippen LogP) is 0.963. The highest BCUT2D eigenvalue weighted by Gasteiger charge is 2.06. The van der Waals surface area contributed by atoms with Gasteiger partial charge >= 0.3 is 0 Å². The third-order valence-corrected chi connectivity index (χ3v) is 1.65. The van der Waals surface area contributed by atoms with Gasteiger partial charge in [0.25, 0.3) is 0 Å². The van der Waals surface area contributed by atoms with Gasteiger partial charge in [0.05, 0.1) is 19.8 Å². The molecule has 2 N–H and O–H groups in total. The maximum absolute atomic E-state index is 5.52. The molecule has 1 aromatic rings. The minimum atomic E-state index is 0.393. The first-order valence-electron chi connectivity index (χ1n) is 3.65. The van der Waals surface area contributed by atoms with Gasteiger partial charge in [-0.2, -0.15) is 0 Å². The second-order valence-corrected chi connectivity index (χ2v) is 2.26. The van der Waals surface area contributed by atoms with Gasteiger partial charge in [0.1, 0.15) is 11.5 Å². The molecule has 0 heterocycles. The Morgan fingerprint density at radius 3 is 2.67 bits per heavy atom. The van der Waals surface area contributed by atoms with Crippen molar-refractivity contribution in [3.05, 3.63) is 23.8 Å². The Kier molecular flexibility index (Phi) is 2.94. The van der Waals surface area contributed by atoms with Crippen LogP contribution in [0, 0.1) is 6.07 Å². The third kappa shape index (κ3) is 1.51. The van der Waals surface area contributed by atoms with Crippen molar-refractivity contribution in [2.24, 2.45) is 5.73 Å². The van der Waals surface area contributed by atoms with Gasteiger partial charge in [-0.3, -0.25) is 0 Å². The average molecular weight is 166 g/mol. The molecule has 1 aromatic carbocycles. The molecule has 3 heteroatoms. The van der Waals surface area contributed by atoms with Crippen LogP contribution in [0.2, 0.25) is 0 Å². The molecular formula is C9H12NO2. The number of hydrogen-bond donors (Lipinski definition) is 1. The van der Waals surface area contributed by atoms with Crippen molar-refractivity contribution >= 4 is 0 Å². The summed E-state index contributed by atoms with van der Waals surface area (Å²) in [5.41, 5.74) is 6.37. The molecule has 0 unspecified atom stereocenters. The summed E-state index contributed by atoms with van der Waals surface area (Å²) < 4.78 is 10.2. The molecule has 0 saturated carbocycles. The number of ether oxygens (including phenoxy) is 2. The highest BCUT2D eigenvalue weighted by molar-refractivity contribution is 5.43. The van der Waals surface area contributed by atoms with Crippen molar-refractivity contribution in [3.63, 3.8) is 0 Å². The predicted molar refractivity (Wildman–Crippen MR) is 46.3 cm³/mol. The molecule has 1 radical (unpaired) electrons. The molecule has 12 heavy (non-hydrogen) atoms. The minimum Gasteiger partial charge on any atom is -0.496 e. The van der Waals surface area contributed by atoms with Crippen molar-refractivity contribution in [1.29, 1.82) is 0 Å². The van der Waals surface area contributed by atoms with Gasteiger partial charge in [0.2, 0.25) is 0 Å². The summed E-state index contributed by atoms with van der Waals surface area (Å²) in [5.74, 6) is 1.39. The Morgan fingerprint density at radius 1 is 1.42 bits per heavy atom.